The SMILES string of the molecule is Cc1cc(C(C(=O)N2CC(O)CC2C2=NOC(C)(c3ccc(Br)cc3)N2)C(C)C)on1. The Hall–Kier alpha value is -2.39. The Bertz CT molecular complexity index is 990. The maximum Gasteiger partial charge on any atom is 0.234 e. The summed E-state index contributed by atoms with van der Waals surface area (Å²) >= 11 is 3.44. The summed E-state index contributed by atoms with van der Waals surface area (Å²) < 4.78 is 6.39. The third-order valence-electron chi connectivity index (χ3n) is 5.85. The van der Waals surface area contributed by atoms with Crippen LogP contribution < -0.4 is 5.32 Å². The highest BCUT2D eigenvalue weighted by molar-refractivity contribution is 9.10. The number of aliphatic hydroxyl groups excluding tert-OH is 1. The quantitative estimate of drug-likeness (QED) is 0.666. The van der Waals surface area contributed by atoms with Crippen molar-refractivity contribution < 1.29 is 19.3 Å². The number of carbonyl (C=O) groups is 1. The third-order valence-corrected chi connectivity index (χ3v) is 6.38. The van der Waals surface area contributed by atoms with Crippen LogP contribution in [-0.2, 0) is 15.4 Å². The highest BCUT2D eigenvalue weighted by atomic mass is 79.9. The molecule has 2 aliphatic rings. The van der Waals surface area contributed by atoms with Crippen molar-refractivity contribution in [2.24, 2.45) is 11.1 Å². The van der Waals surface area contributed by atoms with Crippen molar-refractivity contribution in [1.82, 2.24) is 15.4 Å². The average Bonchev–Trinajstić information content (AvgIpc) is 3.41. The molecule has 4 atom stereocenters. The summed E-state index contributed by atoms with van der Waals surface area (Å²) in [7, 11) is 0. The van der Waals surface area contributed by atoms with Gasteiger partial charge in [0.1, 0.15) is 11.7 Å². The number of aromatic nitrogens is 1. The highest BCUT2D eigenvalue weighted by Crippen LogP contribution is 2.34. The predicted octanol–water partition coefficient (Wildman–Crippen LogP) is 3.25. The molecule has 0 radical (unpaired) electrons. The van der Waals surface area contributed by atoms with E-state index in [2.05, 4.69) is 31.6 Å². The van der Waals surface area contributed by atoms with Crippen molar-refractivity contribution in [2.75, 3.05) is 6.54 Å². The first kappa shape index (κ1) is 21.8. The summed E-state index contributed by atoms with van der Waals surface area (Å²) in [4.78, 5) is 21.0. The number of aryl methyl sites for hydroxylation is 1. The summed E-state index contributed by atoms with van der Waals surface area (Å²) in [5.41, 5.74) is 0.785. The Morgan fingerprint density at radius 1 is 1.35 bits per heavy atom. The van der Waals surface area contributed by atoms with Crippen LogP contribution in [0.2, 0.25) is 0 Å². The van der Waals surface area contributed by atoms with E-state index in [0.29, 0.717) is 18.0 Å². The second kappa shape index (κ2) is 8.27. The monoisotopic (exact) mass is 490 g/mol. The molecule has 31 heavy (non-hydrogen) atoms. The molecule has 9 heteroatoms. The topological polar surface area (TPSA) is 100 Å². The Labute approximate surface area is 189 Å². The Morgan fingerprint density at radius 2 is 2.06 bits per heavy atom. The number of hydrogen-bond acceptors (Lipinski definition) is 7. The van der Waals surface area contributed by atoms with E-state index in [0.717, 1.165) is 15.7 Å². The molecule has 1 fully saturated rings. The van der Waals surface area contributed by atoms with E-state index >= 15 is 0 Å². The summed E-state index contributed by atoms with van der Waals surface area (Å²) in [6, 6.07) is 9.15. The number of oxime groups is 1. The lowest BCUT2D eigenvalue weighted by molar-refractivity contribution is -0.134. The van der Waals surface area contributed by atoms with Gasteiger partial charge in [0.05, 0.1) is 17.8 Å². The van der Waals surface area contributed by atoms with Gasteiger partial charge in [-0.1, -0.05) is 52.2 Å². The van der Waals surface area contributed by atoms with Crippen LogP contribution in [-0.4, -0.2) is 45.6 Å². The van der Waals surface area contributed by atoms with Crippen LogP contribution in [0.25, 0.3) is 0 Å². The van der Waals surface area contributed by atoms with Gasteiger partial charge in [0.15, 0.2) is 5.84 Å². The molecular formula is C22H27BrN4O4. The number of halogens is 1. The van der Waals surface area contributed by atoms with Gasteiger partial charge in [0.2, 0.25) is 11.6 Å². The average molecular weight is 491 g/mol. The number of nitrogens with one attached hydrogen (secondary N) is 1. The molecule has 0 bridgehead atoms. The first-order valence-corrected chi connectivity index (χ1v) is 11.2. The molecular weight excluding hydrogens is 464 g/mol. The number of nitrogens with zero attached hydrogens (tertiary/aromatic N) is 3. The van der Waals surface area contributed by atoms with Gasteiger partial charge in [-0.15, -0.1) is 0 Å². The number of carbonyl (C=O) groups excluding carboxylic acids is 1. The normalized spacial score (nSPS) is 26.5. The molecule has 166 valence electrons. The molecule has 3 heterocycles. The number of hydrogen-bond donors (Lipinski definition) is 2. The summed E-state index contributed by atoms with van der Waals surface area (Å²) in [6.07, 6.45) is -0.250. The van der Waals surface area contributed by atoms with Crippen molar-refractivity contribution >= 4 is 27.7 Å². The summed E-state index contributed by atoms with van der Waals surface area (Å²) in [6.45, 7) is 7.89. The maximum absolute atomic E-state index is 13.6. The molecule has 1 saturated heterocycles. The number of amidine groups is 1. The molecule has 1 amide bonds. The zero-order valence-electron chi connectivity index (χ0n) is 18.0. The molecule has 2 N–H and O–H groups in total. The fourth-order valence-corrected chi connectivity index (χ4v) is 4.49. The fraction of sp³-hybridized carbons (Fsp3) is 0.500. The smallest absolute Gasteiger partial charge is 0.234 e. The number of amides is 1. The number of likely N-dealkylation sites (tertiary alicyclic amines) is 1. The number of aliphatic hydroxyl groups is 1. The minimum Gasteiger partial charge on any atom is -0.391 e. The standard InChI is InChI=1S/C22H27BrN4O4/c1-12(2)19(18-9-13(3)25-30-18)21(29)27-11-16(28)10-17(27)20-24-22(4,31-26-20)14-5-7-15(23)8-6-14/h5-9,12,16-17,19,28H,10-11H2,1-4H3,(H,24,26). The minimum atomic E-state index is -0.849. The van der Waals surface area contributed by atoms with Gasteiger partial charge in [0, 0.05) is 36.0 Å². The maximum atomic E-state index is 13.6. The molecule has 0 saturated carbocycles. The molecule has 0 aliphatic carbocycles. The third kappa shape index (κ3) is 4.21. The van der Waals surface area contributed by atoms with E-state index in [-0.39, 0.29) is 18.4 Å². The van der Waals surface area contributed by atoms with Crippen LogP contribution in [0.1, 0.15) is 50.1 Å². The zero-order chi connectivity index (χ0) is 22.3. The molecule has 4 unspecified atom stereocenters. The van der Waals surface area contributed by atoms with Crippen LogP contribution in [0.3, 0.4) is 0 Å². The molecule has 0 spiro atoms. The Balaban J connectivity index is 1.57. The van der Waals surface area contributed by atoms with Crippen molar-refractivity contribution in [1.29, 1.82) is 0 Å². The molecule has 2 aromatic rings. The molecule has 8 nitrogen and oxygen atoms in total. The van der Waals surface area contributed by atoms with Gasteiger partial charge in [-0.25, -0.2) is 0 Å². The number of rotatable bonds is 5. The number of benzene rings is 1. The lowest BCUT2D eigenvalue weighted by Gasteiger charge is -2.30. The van der Waals surface area contributed by atoms with E-state index in [4.69, 9.17) is 9.36 Å². The van der Waals surface area contributed by atoms with Gasteiger partial charge in [0.25, 0.3) is 0 Å². The van der Waals surface area contributed by atoms with Gasteiger partial charge in [-0.3, -0.25) is 4.79 Å². The van der Waals surface area contributed by atoms with Crippen molar-refractivity contribution in [3.63, 3.8) is 0 Å². The van der Waals surface area contributed by atoms with Crippen molar-refractivity contribution in [3.8, 4) is 0 Å². The van der Waals surface area contributed by atoms with Crippen LogP contribution in [0.15, 0.2) is 44.5 Å². The van der Waals surface area contributed by atoms with Gasteiger partial charge >= 0.3 is 0 Å². The number of β-amino-alcohol motifs (C(OH)–C–C–N with tert-alkyl or cyclic N) is 1. The van der Waals surface area contributed by atoms with E-state index < -0.39 is 23.8 Å². The fourth-order valence-electron chi connectivity index (χ4n) is 4.23. The molecule has 4 rings (SSSR count). The van der Waals surface area contributed by atoms with E-state index in [1.807, 2.05) is 52.0 Å². The predicted molar refractivity (Wildman–Crippen MR) is 118 cm³/mol. The highest BCUT2D eigenvalue weighted by Gasteiger charge is 2.46. The zero-order valence-corrected chi connectivity index (χ0v) is 19.6. The Morgan fingerprint density at radius 3 is 2.68 bits per heavy atom. The lowest BCUT2D eigenvalue weighted by atomic mass is 9.91. The Kier molecular flexibility index (Phi) is 5.83. The first-order chi connectivity index (χ1) is 14.7. The van der Waals surface area contributed by atoms with Crippen molar-refractivity contribution in [3.05, 3.63) is 51.8 Å². The van der Waals surface area contributed by atoms with E-state index in [1.54, 1.807) is 11.0 Å². The minimum absolute atomic E-state index is 0.000926. The van der Waals surface area contributed by atoms with Crippen molar-refractivity contribution in [2.45, 2.75) is 57.9 Å². The molecule has 2 aliphatic heterocycles. The second-order valence-corrected chi connectivity index (χ2v) is 9.64. The van der Waals surface area contributed by atoms with Gasteiger partial charge in [-0.2, -0.15) is 0 Å². The van der Waals surface area contributed by atoms with E-state index in [1.165, 1.54) is 0 Å². The van der Waals surface area contributed by atoms with Crippen LogP contribution in [0.4, 0.5) is 0 Å². The van der Waals surface area contributed by atoms with Crippen LogP contribution in [0.5, 0.6) is 0 Å². The summed E-state index contributed by atoms with van der Waals surface area (Å²) in [5, 5.41) is 21.9. The van der Waals surface area contributed by atoms with Crippen LogP contribution >= 0.6 is 15.9 Å². The molecule has 1 aromatic heterocycles. The summed E-state index contributed by atoms with van der Waals surface area (Å²) in [5.74, 6) is 0.465. The van der Waals surface area contributed by atoms with Gasteiger partial charge in [-0.05, 0) is 25.0 Å². The first-order valence-electron chi connectivity index (χ1n) is 10.4. The largest absolute Gasteiger partial charge is 0.391 e. The lowest BCUT2D eigenvalue weighted by Crippen LogP contribution is -2.50. The molecule has 1 aromatic carbocycles. The second-order valence-electron chi connectivity index (χ2n) is 8.72. The van der Waals surface area contributed by atoms with Gasteiger partial charge < -0.3 is 24.7 Å². The van der Waals surface area contributed by atoms with Crippen LogP contribution in [0, 0.1) is 12.8 Å². The van der Waals surface area contributed by atoms with E-state index in [9.17, 15) is 9.90 Å².